The van der Waals surface area contributed by atoms with Gasteiger partial charge in [-0.05, 0) is 12.3 Å². The van der Waals surface area contributed by atoms with E-state index < -0.39 is 17.8 Å². The number of aliphatic hydroxyl groups excluding tert-OH is 2. The number of aliphatic carboxylic acids is 1. The summed E-state index contributed by atoms with van der Waals surface area (Å²) >= 11 is 0. The molecular weight excluding hydrogens is 296 g/mol. The maximum Gasteiger partial charge on any atom is 0.306 e. The van der Waals surface area contributed by atoms with E-state index in [9.17, 15) is 4.79 Å². The lowest BCUT2D eigenvalue weighted by Gasteiger charge is -2.19. The van der Waals surface area contributed by atoms with Crippen LogP contribution in [0, 0.1) is 17.8 Å². The highest BCUT2D eigenvalue weighted by molar-refractivity contribution is 5.70. The van der Waals surface area contributed by atoms with Crippen LogP contribution >= 0.6 is 0 Å². The Morgan fingerprint density at radius 2 is 1.17 bits per heavy atom. The Kier molecular flexibility index (Phi) is 17.3. The van der Waals surface area contributed by atoms with E-state index in [1.807, 2.05) is 0 Å². The number of carbonyl (C=O) groups is 1. The molecule has 0 bridgehead atoms. The zero-order valence-corrected chi connectivity index (χ0v) is 15.0. The highest BCUT2D eigenvalue weighted by Gasteiger charge is 2.26. The van der Waals surface area contributed by atoms with Crippen molar-refractivity contribution in [1.29, 1.82) is 0 Å². The van der Waals surface area contributed by atoms with Crippen molar-refractivity contribution in [3.8, 4) is 0 Å². The molecule has 0 aromatic heterocycles. The molecule has 0 spiro atoms. The van der Waals surface area contributed by atoms with Crippen molar-refractivity contribution >= 4 is 5.97 Å². The molecule has 0 aromatic carbocycles. The Hall–Kier alpha value is -0.650. The van der Waals surface area contributed by atoms with Crippen LogP contribution in [0.2, 0.25) is 0 Å². The Balaban J connectivity index is 0. The predicted octanol–water partition coefficient (Wildman–Crippen LogP) is 3.02. The van der Waals surface area contributed by atoms with E-state index >= 15 is 0 Å². The van der Waals surface area contributed by atoms with Gasteiger partial charge in [-0.2, -0.15) is 0 Å². The largest absolute Gasteiger partial charge is 0.481 e. The summed E-state index contributed by atoms with van der Waals surface area (Å²) < 4.78 is 0. The van der Waals surface area contributed by atoms with Gasteiger partial charge >= 0.3 is 5.97 Å². The minimum Gasteiger partial charge on any atom is -0.481 e. The molecule has 0 heterocycles. The standard InChI is InChI=1S/C18H36O4.H2O/c1-15(2)11-9-7-5-3-4-6-8-10-12-17(18(21)22)16(13-19)14-20;/h15-17,19-20H,3-14H2,1-2H3,(H,21,22);1H2. The number of carboxylic acid groups (broad SMARTS) is 1. The molecule has 0 saturated heterocycles. The second-order valence-corrected chi connectivity index (χ2v) is 6.87. The van der Waals surface area contributed by atoms with E-state index in [-0.39, 0.29) is 18.7 Å². The molecule has 0 amide bonds. The van der Waals surface area contributed by atoms with Gasteiger partial charge in [0, 0.05) is 19.1 Å². The topological polar surface area (TPSA) is 109 Å². The second kappa shape index (κ2) is 16.2. The van der Waals surface area contributed by atoms with Crippen LogP contribution in [-0.4, -0.2) is 40.0 Å². The average Bonchev–Trinajstić information content (AvgIpc) is 2.47. The van der Waals surface area contributed by atoms with Crippen LogP contribution in [0.1, 0.15) is 78.1 Å². The van der Waals surface area contributed by atoms with Gasteiger partial charge in [-0.15, -0.1) is 0 Å². The number of carboxylic acids is 1. The maximum absolute atomic E-state index is 11.2. The molecule has 23 heavy (non-hydrogen) atoms. The van der Waals surface area contributed by atoms with Crippen molar-refractivity contribution in [2.75, 3.05) is 13.2 Å². The summed E-state index contributed by atoms with van der Waals surface area (Å²) in [5, 5.41) is 27.3. The second-order valence-electron chi connectivity index (χ2n) is 6.87. The van der Waals surface area contributed by atoms with Crippen LogP contribution in [0.15, 0.2) is 0 Å². The van der Waals surface area contributed by atoms with Gasteiger partial charge in [-0.3, -0.25) is 4.79 Å². The zero-order chi connectivity index (χ0) is 16.8. The summed E-state index contributed by atoms with van der Waals surface area (Å²) in [5.74, 6) is -1.24. The molecule has 0 aliphatic rings. The first-order valence-corrected chi connectivity index (χ1v) is 8.97. The van der Waals surface area contributed by atoms with Crippen LogP contribution < -0.4 is 0 Å². The third-order valence-electron chi connectivity index (χ3n) is 4.40. The van der Waals surface area contributed by atoms with Gasteiger partial charge in [0.15, 0.2) is 0 Å². The van der Waals surface area contributed by atoms with E-state index in [0.717, 1.165) is 25.2 Å². The molecule has 0 aliphatic heterocycles. The maximum atomic E-state index is 11.2. The van der Waals surface area contributed by atoms with Crippen molar-refractivity contribution in [2.24, 2.45) is 17.8 Å². The van der Waals surface area contributed by atoms with Crippen molar-refractivity contribution < 1.29 is 25.6 Å². The van der Waals surface area contributed by atoms with E-state index in [1.54, 1.807) is 0 Å². The lowest BCUT2D eigenvalue weighted by Crippen LogP contribution is -2.29. The summed E-state index contributed by atoms with van der Waals surface area (Å²) in [4.78, 5) is 11.2. The van der Waals surface area contributed by atoms with Gasteiger partial charge < -0.3 is 20.8 Å². The van der Waals surface area contributed by atoms with Crippen molar-refractivity contribution in [3.05, 3.63) is 0 Å². The molecule has 0 saturated carbocycles. The number of unbranched alkanes of at least 4 members (excludes halogenated alkanes) is 7. The molecule has 5 N–H and O–H groups in total. The minimum atomic E-state index is -0.904. The first-order valence-electron chi connectivity index (χ1n) is 8.97. The highest BCUT2D eigenvalue weighted by Crippen LogP contribution is 2.20. The first-order chi connectivity index (χ1) is 10.5. The molecule has 5 nitrogen and oxygen atoms in total. The van der Waals surface area contributed by atoms with Crippen LogP contribution in [-0.2, 0) is 4.79 Å². The molecule has 0 fully saturated rings. The van der Waals surface area contributed by atoms with E-state index in [2.05, 4.69) is 13.8 Å². The average molecular weight is 334 g/mol. The Labute approximate surface area is 141 Å². The Bertz CT molecular complexity index is 264. The van der Waals surface area contributed by atoms with Gasteiger partial charge in [-0.1, -0.05) is 71.6 Å². The summed E-state index contributed by atoms with van der Waals surface area (Å²) in [5.41, 5.74) is 0. The van der Waals surface area contributed by atoms with E-state index in [1.165, 1.54) is 38.5 Å². The molecule has 140 valence electrons. The molecule has 0 rings (SSSR count). The predicted molar refractivity (Wildman–Crippen MR) is 93.4 cm³/mol. The summed E-state index contributed by atoms with van der Waals surface area (Å²) in [7, 11) is 0. The van der Waals surface area contributed by atoms with Gasteiger partial charge in [0.25, 0.3) is 0 Å². The monoisotopic (exact) mass is 334 g/mol. The lowest BCUT2D eigenvalue weighted by molar-refractivity contribution is -0.145. The van der Waals surface area contributed by atoms with Crippen molar-refractivity contribution in [3.63, 3.8) is 0 Å². The smallest absolute Gasteiger partial charge is 0.306 e. The van der Waals surface area contributed by atoms with Crippen molar-refractivity contribution in [2.45, 2.75) is 78.1 Å². The van der Waals surface area contributed by atoms with Gasteiger partial charge in [0.1, 0.15) is 0 Å². The van der Waals surface area contributed by atoms with Crippen LogP contribution in [0.25, 0.3) is 0 Å². The number of hydrogen-bond donors (Lipinski definition) is 3. The SMILES string of the molecule is CC(C)CCCCCCCCCCC(C(=O)O)C(CO)CO.O. The summed E-state index contributed by atoms with van der Waals surface area (Å²) in [6, 6.07) is 0. The number of aliphatic hydroxyl groups is 2. The molecular formula is C18H38O5. The van der Waals surface area contributed by atoms with Gasteiger partial charge in [0.05, 0.1) is 5.92 Å². The number of rotatable bonds is 15. The minimum absolute atomic E-state index is 0. The third-order valence-corrected chi connectivity index (χ3v) is 4.40. The molecule has 1 atom stereocenters. The number of hydrogen-bond acceptors (Lipinski definition) is 3. The fourth-order valence-corrected chi connectivity index (χ4v) is 2.85. The molecule has 5 heteroatoms. The van der Waals surface area contributed by atoms with Crippen molar-refractivity contribution in [1.82, 2.24) is 0 Å². The summed E-state index contributed by atoms with van der Waals surface area (Å²) in [6.07, 6.45) is 11.4. The van der Waals surface area contributed by atoms with E-state index in [4.69, 9.17) is 15.3 Å². The molecule has 0 aliphatic carbocycles. The fourth-order valence-electron chi connectivity index (χ4n) is 2.85. The molecule has 0 radical (unpaired) electrons. The van der Waals surface area contributed by atoms with Crippen LogP contribution in [0.5, 0.6) is 0 Å². The fraction of sp³-hybridized carbons (Fsp3) is 0.944. The third kappa shape index (κ3) is 13.5. The zero-order valence-electron chi connectivity index (χ0n) is 15.0. The molecule has 1 unspecified atom stereocenters. The normalized spacial score (nSPS) is 12.4. The summed E-state index contributed by atoms with van der Waals surface area (Å²) in [6.45, 7) is 4.01. The van der Waals surface area contributed by atoms with Gasteiger partial charge in [0.2, 0.25) is 0 Å². The quantitative estimate of drug-likeness (QED) is 0.400. The highest BCUT2D eigenvalue weighted by atomic mass is 16.4. The molecule has 0 aromatic rings. The van der Waals surface area contributed by atoms with Gasteiger partial charge in [-0.25, -0.2) is 0 Å². The Morgan fingerprint density at radius 1 is 0.783 bits per heavy atom. The lowest BCUT2D eigenvalue weighted by atomic mass is 9.88. The van der Waals surface area contributed by atoms with Crippen LogP contribution in [0.3, 0.4) is 0 Å². The first kappa shape index (κ1) is 24.6. The van der Waals surface area contributed by atoms with E-state index in [0.29, 0.717) is 6.42 Å². The Morgan fingerprint density at radius 3 is 1.52 bits per heavy atom. The van der Waals surface area contributed by atoms with Crippen LogP contribution in [0.4, 0.5) is 0 Å².